The zero-order valence-electron chi connectivity index (χ0n) is 15.5. The third-order valence-electron chi connectivity index (χ3n) is 5.12. The number of primary amides is 1. The number of anilines is 2. The molecule has 3 N–H and O–H groups in total. The lowest BCUT2D eigenvalue weighted by molar-refractivity contribution is -0.123. The number of hydrogen-bond acceptors (Lipinski definition) is 5. The maximum Gasteiger partial charge on any atom is 0.265 e. The first-order chi connectivity index (χ1) is 13.4. The zero-order valence-corrected chi connectivity index (χ0v) is 16.3. The first kappa shape index (κ1) is 18.5. The van der Waals surface area contributed by atoms with Crippen LogP contribution in [0.25, 0.3) is 0 Å². The van der Waals surface area contributed by atoms with E-state index >= 15 is 0 Å². The number of hydrogen-bond donors (Lipinski definition) is 2. The van der Waals surface area contributed by atoms with Gasteiger partial charge in [0.05, 0.1) is 11.3 Å². The molecule has 0 saturated carbocycles. The number of rotatable bonds is 4. The normalized spacial score (nSPS) is 18.1. The summed E-state index contributed by atoms with van der Waals surface area (Å²) in [6.07, 6.45) is 2.67. The fourth-order valence-electron chi connectivity index (χ4n) is 3.74. The first-order valence-corrected chi connectivity index (χ1v) is 10.0. The lowest BCUT2D eigenvalue weighted by atomic mass is 9.88. The van der Waals surface area contributed by atoms with Crippen molar-refractivity contribution in [3.05, 3.63) is 40.3 Å². The van der Waals surface area contributed by atoms with Crippen molar-refractivity contribution in [2.24, 2.45) is 11.7 Å². The Labute approximate surface area is 166 Å². The summed E-state index contributed by atoms with van der Waals surface area (Å²) < 4.78 is 5.40. The van der Waals surface area contributed by atoms with Gasteiger partial charge < -0.3 is 15.8 Å². The molecule has 7 nitrogen and oxygen atoms in total. The highest BCUT2D eigenvalue weighted by molar-refractivity contribution is 7.17. The molecule has 0 saturated heterocycles. The molecule has 0 spiro atoms. The predicted octanol–water partition coefficient (Wildman–Crippen LogP) is 2.34. The van der Waals surface area contributed by atoms with E-state index in [-0.39, 0.29) is 25.0 Å². The van der Waals surface area contributed by atoms with Crippen molar-refractivity contribution >= 4 is 39.7 Å². The average Bonchev–Trinajstić information content (AvgIpc) is 3.01. The Morgan fingerprint density at radius 3 is 2.93 bits per heavy atom. The Hall–Kier alpha value is -2.87. The monoisotopic (exact) mass is 399 g/mol. The van der Waals surface area contributed by atoms with Crippen molar-refractivity contribution in [1.82, 2.24) is 0 Å². The second-order valence-electron chi connectivity index (χ2n) is 7.20. The van der Waals surface area contributed by atoms with Crippen LogP contribution in [0.3, 0.4) is 0 Å². The summed E-state index contributed by atoms with van der Waals surface area (Å²) in [6.45, 7) is 1.91. The second kappa shape index (κ2) is 7.27. The van der Waals surface area contributed by atoms with Gasteiger partial charge in [-0.05, 0) is 42.9 Å². The van der Waals surface area contributed by atoms with Crippen LogP contribution in [0.2, 0.25) is 0 Å². The third kappa shape index (κ3) is 3.35. The molecular weight excluding hydrogens is 378 g/mol. The van der Waals surface area contributed by atoms with Gasteiger partial charge in [0.1, 0.15) is 17.3 Å². The number of benzene rings is 1. The summed E-state index contributed by atoms with van der Waals surface area (Å²) in [6, 6.07) is 7.08. The molecule has 0 fully saturated rings. The molecule has 28 heavy (non-hydrogen) atoms. The van der Waals surface area contributed by atoms with Crippen LogP contribution >= 0.6 is 11.3 Å². The van der Waals surface area contributed by atoms with Crippen LogP contribution < -0.4 is 20.7 Å². The standard InChI is InChI=1S/C20H21N3O4S/c1-11-6-7-12-15(8-11)28-20(18(12)19(21)26)22-16(24)9-23-13-4-2-3-5-14(13)27-10-17(23)25/h2-5,11H,6-10H2,1H3,(H2,21,26)(H,22,24). The van der Waals surface area contributed by atoms with Gasteiger partial charge in [-0.3, -0.25) is 19.3 Å². The number of thiophene rings is 1. The van der Waals surface area contributed by atoms with Gasteiger partial charge in [0.2, 0.25) is 5.91 Å². The number of nitrogens with two attached hydrogens (primary N) is 1. The van der Waals surface area contributed by atoms with Crippen molar-refractivity contribution < 1.29 is 19.1 Å². The maximum atomic E-state index is 12.7. The molecule has 1 aliphatic heterocycles. The molecule has 1 aliphatic carbocycles. The topological polar surface area (TPSA) is 102 Å². The smallest absolute Gasteiger partial charge is 0.265 e. The molecule has 0 bridgehead atoms. The minimum atomic E-state index is -0.532. The van der Waals surface area contributed by atoms with Crippen LogP contribution in [0.4, 0.5) is 10.7 Å². The molecule has 0 radical (unpaired) electrons. The van der Waals surface area contributed by atoms with Gasteiger partial charge >= 0.3 is 0 Å². The molecule has 1 atom stereocenters. The Bertz CT molecular complexity index is 968. The molecule has 1 aromatic heterocycles. The maximum absolute atomic E-state index is 12.7. The molecule has 2 heterocycles. The molecular formula is C20H21N3O4S. The largest absolute Gasteiger partial charge is 0.482 e. The van der Waals surface area contributed by atoms with Crippen LogP contribution in [-0.4, -0.2) is 30.9 Å². The van der Waals surface area contributed by atoms with Gasteiger partial charge in [0.15, 0.2) is 6.61 Å². The van der Waals surface area contributed by atoms with E-state index < -0.39 is 5.91 Å². The van der Waals surface area contributed by atoms with E-state index in [2.05, 4.69) is 12.2 Å². The number of nitrogens with one attached hydrogen (secondary N) is 1. The second-order valence-corrected chi connectivity index (χ2v) is 8.31. The van der Waals surface area contributed by atoms with Crippen molar-refractivity contribution in [1.29, 1.82) is 0 Å². The van der Waals surface area contributed by atoms with Gasteiger partial charge in [-0.2, -0.15) is 0 Å². The molecule has 2 aromatic rings. The fraction of sp³-hybridized carbons (Fsp3) is 0.350. The van der Waals surface area contributed by atoms with Crippen LogP contribution in [0.5, 0.6) is 5.75 Å². The van der Waals surface area contributed by atoms with E-state index in [0.717, 1.165) is 29.7 Å². The van der Waals surface area contributed by atoms with E-state index in [9.17, 15) is 14.4 Å². The van der Waals surface area contributed by atoms with Crippen molar-refractivity contribution in [3.8, 4) is 5.75 Å². The Kier molecular flexibility index (Phi) is 4.80. The minimum Gasteiger partial charge on any atom is -0.482 e. The molecule has 146 valence electrons. The van der Waals surface area contributed by atoms with Crippen LogP contribution in [-0.2, 0) is 22.4 Å². The highest BCUT2D eigenvalue weighted by Crippen LogP contribution is 2.39. The van der Waals surface area contributed by atoms with Crippen LogP contribution in [0.1, 0.15) is 34.1 Å². The van der Waals surface area contributed by atoms with E-state index in [1.807, 2.05) is 6.07 Å². The Morgan fingerprint density at radius 1 is 1.36 bits per heavy atom. The lowest BCUT2D eigenvalue weighted by Crippen LogP contribution is -2.43. The number of nitrogens with zero attached hydrogens (tertiary/aromatic N) is 1. The summed E-state index contributed by atoms with van der Waals surface area (Å²) in [5.74, 6) is -0.0937. The molecule has 1 unspecified atom stereocenters. The lowest BCUT2D eigenvalue weighted by Gasteiger charge is -2.28. The summed E-state index contributed by atoms with van der Waals surface area (Å²) in [4.78, 5) is 39.5. The highest BCUT2D eigenvalue weighted by atomic mass is 32.1. The first-order valence-electron chi connectivity index (χ1n) is 9.20. The number of amides is 3. The number of carbonyl (C=O) groups is 3. The highest BCUT2D eigenvalue weighted by Gasteiger charge is 2.30. The zero-order chi connectivity index (χ0) is 19.8. The average molecular weight is 399 g/mol. The fourth-order valence-corrected chi connectivity index (χ4v) is 5.17. The van der Waals surface area contributed by atoms with Crippen molar-refractivity contribution in [2.45, 2.75) is 26.2 Å². The Morgan fingerprint density at radius 2 is 2.14 bits per heavy atom. The SMILES string of the molecule is CC1CCc2c(sc(NC(=O)CN3C(=O)COc4ccccc43)c2C(N)=O)C1. The van der Waals surface area contributed by atoms with Crippen molar-refractivity contribution in [3.63, 3.8) is 0 Å². The van der Waals surface area contributed by atoms with Crippen molar-refractivity contribution in [2.75, 3.05) is 23.4 Å². The third-order valence-corrected chi connectivity index (χ3v) is 6.29. The Balaban J connectivity index is 1.57. The molecule has 3 amide bonds. The molecule has 2 aliphatic rings. The summed E-state index contributed by atoms with van der Waals surface area (Å²) >= 11 is 1.41. The number of para-hydroxylation sites is 2. The number of ether oxygens (including phenoxy) is 1. The summed E-state index contributed by atoms with van der Waals surface area (Å²) in [5.41, 5.74) is 7.53. The summed E-state index contributed by atoms with van der Waals surface area (Å²) in [7, 11) is 0. The van der Waals surface area contributed by atoms with Gasteiger partial charge in [-0.1, -0.05) is 19.1 Å². The van der Waals surface area contributed by atoms with E-state index in [0.29, 0.717) is 27.9 Å². The van der Waals surface area contributed by atoms with E-state index in [1.165, 1.54) is 16.2 Å². The van der Waals surface area contributed by atoms with Gasteiger partial charge in [-0.15, -0.1) is 11.3 Å². The molecule has 1 aromatic carbocycles. The quantitative estimate of drug-likeness (QED) is 0.824. The number of fused-ring (bicyclic) bond motifs is 2. The van der Waals surface area contributed by atoms with Crippen LogP contribution in [0, 0.1) is 5.92 Å². The van der Waals surface area contributed by atoms with E-state index in [4.69, 9.17) is 10.5 Å². The van der Waals surface area contributed by atoms with E-state index in [1.54, 1.807) is 18.2 Å². The van der Waals surface area contributed by atoms with Gasteiger partial charge in [0.25, 0.3) is 11.8 Å². The predicted molar refractivity (Wildman–Crippen MR) is 107 cm³/mol. The minimum absolute atomic E-state index is 0.109. The van der Waals surface area contributed by atoms with Gasteiger partial charge in [-0.25, -0.2) is 0 Å². The number of carbonyl (C=O) groups excluding carboxylic acids is 3. The summed E-state index contributed by atoms with van der Waals surface area (Å²) in [5, 5.41) is 3.28. The molecule has 8 heteroatoms. The van der Waals surface area contributed by atoms with Crippen LogP contribution in [0.15, 0.2) is 24.3 Å². The van der Waals surface area contributed by atoms with Gasteiger partial charge in [0, 0.05) is 4.88 Å². The molecule has 4 rings (SSSR count).